The van der Waals surface area contributed by atoms with Crippen LogP contribution in [0.5, 0.6) is 0 Å². The van der Waals surface area contributed by atoms with Gasteiger partial charge in [0, 0.05) is 23.5 Å². The zero-order valence-corrected chi connectivity index (χ0v) is 16.2. The Labute approximate surface area is 172 Å². The first kappa shape index (κ1) is 21.3. The highest BCUT2D eigenvalue weighted by Gasteiger charge is 2.31. The Balaban J connectivity index is 0.000000191. The fourth-order valence-corrected chi connectivity index (χ4v) is 2.61. The van der Waals surface area contributed by atoms with E-state index in [0.717, 1.165) is 16.7 Å². The van der Waals surface area contributed by atoms with Crippen molar-refractivity contribution < 1.29 is 9.53 Å². The summed E-state index contributed by atoms with van der Waals surface area (Å²) in [5.41, 5.74) is 3.00. The highest BCUT2D eigenvalue weighted by atomic mass is 16.6. The van der Waals surface area contributed by atoms with Crippen LogP contribution in [0.3, 0.4) is 0 Å². The van der Waals surface area contributed by atoms with Crippen molar-refractivity contribution in [3.63, 3.8) is 0 Å². The van der Waals surface area contributed by atoms with E-state index in [1.54, 1.807) is 12.4 Å². The number of nitrogens with one attached hydrogen (secondary N) is 1. The molecule has 144 valence electrons. The van der Waals surface area contributed by atoms with Gasteiger partial charge >= 0.3 is 6.09 Å². The van der Waals surface area contributed by atoms with E-state index in [9.17, 15) is 4.79 Å². The van der Waals surface area contributed by atoms with Gasteiger partial charge in [-0.3, -0.25) is 4.98 Å². The van der Waals surface area contributed by atoms with E-state index >= 15 is 0 Å². The lowest BCUT2D eigenvalue weighted by molar-refractivity contribution is 0.134. The second-order valence-corrected chi connectivity index (χ2v) is 6.03. The van der Waals surface area contributed by atoms with Gasteiger partial charge in [0.2, 0.25) is 0 Å². The lowest BCUT2D eigenvalue weighted by Crippen LogP contribution is -2.23. The molecule has 0 unspecified atom stereocenters. The second-order valence-electron chi connectivity index (χ2n) is 6.03. The van der Waals surface area contributed by atoms with Gasteiger partial charge in [-0.2, -0.15) is 0 Å². The summed E-state index contributed by atoms with van der Waals surface area (Å²) in [6, 6.07) is 23.5. The van der Waals surface area contributed by atoms with Crippen molar-refractivity contribution in [1.82, 2.24) is 10.3 Å². The number of amides is 1. The van der Waals surface area contributed by atoms with Gasteiger partial charge in [-0.15, -0.1) is 12.8 Å². The predicted molar refractivity (Wildman–Crippen MR) is 115 cm³/mol. The van der Waals surface area contributed by atoms with Crippen molar-refractivity contribution >= 4 is 6.09 Å². The van der Waals surface area contributed by atoms with E-state index in [1.165, 1.54) is 0 Å². The summed E-state index contributed by atoms with van der Waals surface area (Å²) in [4.78, 5) is 14.9. The molecule has 29 heavy (non-hydrogen) atoms. The molecule has 4 heteroatoms. The molecule has 0 radical (unpaired) electrons. The fourth-order valence-electron chi connectivity index (χ4n) is 2.61. The topological polar surface area (TPSA) is 51.2 Å². The number of alkyl carbamates (subject to hydrolysis) is 1. The SMILES string of the molecule is C#C.C(#Cc1cccnc1)c1ccccc1.C[C@H]1NC(=O)O[C@H]1c1ccccc1. The van der Waals surface area contributed by atoms with Crippen molar-refractivity contribution in [3.05, 3.63) is 102 Å². The second kappa shape index (κ2) is 11.6. The number of hydrogen-bond acceptors (Lipinski definition) is 3. The highest BCUT2D eigenvalue weighted by molar-refractivity contribution is 5.70. The standard InChI is InChI=1S/C13H9N.C10H11NO2.C2H2/c1-2-5-12(6-3-1)8-9-13-7-4-10-14-11-13;1-7-9(13-10(12)11-7)8-5-3-2-4-6-8;1-2/h1-7,10-11H;2-7,9H,1H3,(H,11,12);1-2H/t;7-,9-;/m.1./s1. The quantitative estimate of drug-likeness (QED) is 0.627. The van der Waals surface area contributed by atoms with Gasteiger partial charge in [-0.05, 0) is 36.8 Å². The van der Waals surface area contributed by atoms with Crippen LogP contribution >= 0.6 is 0 Å². The van der Waals surface area contributed by atoms with Crippen molar-refractivity contribution in [2.24, 2.45) is 0 Å². The number of carbonyl (C=O) groups excluding carboxylic acids is 1. The fraction of sp³-hybridized carbons (Fsp3) is 0.120. The van der Waals surface area contributed by atoms with Crippen LogP contribution in [0.1, 0.15) is 29.7 Å². The average Bonchev–Trinajstić information content (AvgIpc) is 3.14. The van der Waals surface area contributed by atoms with Crippen LogP contribution in [0.4, 0.5) is 4.79 Å². The van der Waals surface area contributed by atoms with Crippen LogP contribution in [-0.4, -0.2) is 17.1 Å². The zero-order valence-electron chi connectivity index (χ0n) is 16.2. The van der Waals surface area contributed by atoms with Crippen LogP contribution in [0, 0.1) is 24.7 Å². The third kappa shape index (κ3) is 6.90. The summed E-state index contributed by atoms with van der Waals surface area (Å²) in [6.45, 7) is 1.93. The summed E-state index contributed by atoms with van der Waals surface area (Å²) >= 11 is 0. The summed E-state index contributed by atoms with van der Waals surface area (Å²) in [6.07, 6.45) is 11.0. The number of ether oxygens (including phenoxy) is 1. The van der Waals surface area contributed by atoms with Gasteiger partial charge in [0.05, 0.1) is 6.04 Å². The minimum absolute atomic E-state index is 0.0508. The van der Waals surface area contributed by atoms with Crippen molar-refractivity contribution in [1.29, 1.82) is 0 Å². The minimum Gasteiger partial charge on any atom is -0.439 e. The molecular formula is C25H22N2O2. The maximum atomic E-state index is 10.9. The number of benzene rings is 2. The van der Waals surface area contributed by atoms with Crippen LogP contribution < -0.4 is 5.32 Å². The first-order valence-corrected chi connectivity index (χ1v) is 9.05. The van der Waals surface area contributed by atoms with Gasteiger partial charge in [0.1, 0.15) is 6.10 Å². The Kier molecular flexibility index (Phi) is 8.54. The summed E-state index contributed by atoms with van der Waals surface area (Å²) < 4.78 is 5.11. The molecular weight excluding hydrogens is 360 g/mol. The number of terminal acetylenes is 1. The molecule has 1 aromatic heterocycles. The number of cyclic esters (lactones) is 1. The minimum atomic E-state index is -0.332. The lowest BCUT2D eigenvalue weighted by atomic mass is 10.0. The number of hydrogen-bond donors (Lipinski definition) is 1. The molecule has 1 N–H and O–H groups in total. The normalized spacial score (nSPS) is 16.3. The van der Waals surface area contributed by atoms with Crippen LogP contribution in [0.15, 0.2) is 85.2 Å². The smallest absolute Gasteiger partial charge is 0.408 e. The van der Waals surface area contributed by atoms with Crippen molar-refractivity contribution in [2.75, 3.05) is 0 Å². The van der Waals surface area contributed by atoms with Gasteiger partial charge < -0.3 is 10.1 Å². The highest BCUT2D eigenvalue weighted by Crippen LogP contribution is 2.25. The van der Waals surface area contributed by atoms with Gasteiger partial charge in [0.15, 0.2) is 0 Å². The molecule has 2 heterocycles. The summed E-state index contributed by atoms with van der Waals surface area (Å²) in [5, 5.41) is 2.70. The molecule has 2 aromatic carbocycles. The molecule has 1 aliphatic heterocycles. The maximum absolute atomic E-state index is 10.9. The molecule has 0 saturated carbocycles. The van der Waals surface area contributed by atoms with E-state index in [0.29, 0.717) is 0 Å². The predicted octanol–water partition coefficient (Wildman–Crippen LogP) is 4.59. The number of carbonyl (C=O) groups is 1. The Hall–Kier alpha value is -4.02. The molecule has 4 rings (SSSR count). The number of aromatic nitrogens is 1. The molecule has 1 amide bonds. The molecule has 1 aliphatic rings. The van der Waals surface area contributed by atoms with E-state index < -0.39 is 0 Å². The molecule has 1 fully saturated rings. The molecule has 1 saturated heterocycles. The summed E-state index contributed by atoms with van der Waals surface area (Å²) in [5.74, 6) is 6.12. The van der Waals surface area contributed by atoms with E-state index in [4.69, 9.17) is 4.74 Å². The Bertz CT molecular complexity index is 915. The molecule has 3 aromatic rings. The van der Waals surface area contributed by atoms with Crippen LogP contribution in [0.2, 0.25) is 0 Å². The van der Waals surface area contributed by atoms with Gasteiger partial charge in [0.25, 0.3) is 0 Å². The maximum Gasteiger partial charge on any atom is 0.408 e. The molecule has 0 aliphatic carbocycles. The van der Waals surface area contributed by atoms with Gasteiger partial charge in [-0.25, -0.2) is 4.79 Å². The van der Waals surface area contributed by atoms with Crippen LogP contribution in [0.25, 0.3) is 0 Å². The Morgan fingerprint density at radius 2 is 1.48 bits per heavy atom. The van der Waals surface area contributed by atoms with Crippen molar-refractivity contribution in [2.45, 2.75) is 19.1 Å². The average molecular weight is 382 g/mol. The largest absolute Gasteiger partial charge is 0.439 e. The molecule has 0 spiro atoms. The zero-order chi connectivity index (χ0) is 20.9. The van der Waals surface area contributed by atoms with Crippen molar-refractivity contribution in [3.8, 4) is 24.7 Å². The third-order valence-corrected chi connectivity index (χ3v) is 3.95. The third-order valence-electron chi connectivity index (χ3n) is 3.95. The number of nitrogens with zero attached hydrogens (tertiary/aromatic N) is 1. The summed E-state index contributed by atoms with van der Waals surface area (Å²) in [7, 11) is 0. The van der Waals surface area contributed by atoms with Gasteiger partial charge in [-0.1, -0.05) is 60.4 Å². The Morgan fingerprint density at radius 3 is 2.03 bits per heavy atom. The molecule has 4 nitrogen and oxygen atoms in total. The van der Waals surface area contributed by atoms with Crippen LogP contribution in [-0.2, 0) is 4.74 Å². The number of pyridine rings is 1. The Morgan fingerprint density at radius 1 is 0.897 bits per heavy atom. The molecule has 0 bridgehead atoms. The van der Waals surface area contributed by atoms with E-state index in [1.807, 2.05) is 79.7 Å². The molecule has 2 atom stereocenters. The monoisotopic (exact) mass is 382 g/mol. The first-order valence-electron chi connectivity index (χ1n) is 9.05. The van der Waals surface area contributed by atoms with E-state index in [-0.39, 0.29) is 18.2 Å². The number of rotatable bonds is 1. The lowest BCUT2D eigenvalue weighted by Gasteiger charge is -2.12. The first-order chi connectivity index (χ1) is 14.2. The van der Waals surface area contributed by atoms with E-state index in [2.05, 4.69) is 35.0 Å².